The number of furan rings is 1. The van der Waals surface area contributed by atoms with Crippen LogP contribution < -0.4 is 10.6 Å². The predicted molar refractivity (Wildman–Crippen MR) is 110 cm³/mol. The van der Waals surface area contributed by atoms with E-state index in [4.69, 9.17) is 4.42 Å². The van der Waals surface area contributed by atoms with Crippen LogP contribution in [0, 0.1) is 11.6 Å². The zero-order valence-electron chi connectivity index (χ0n) is 16.2. The number of rotatable bonds is 5. The maximum Gasteiger partial charge on any atom is 0.259 e. The van der Waals surface area contributed by atoms with Crippen molar-refractivity contribution in [1.29, 1.82) is 0 Å². The van der Waals surface area contributed by atoms with Crippen LogP contribution in [-0.4, -0.2) is 21.6 Å². The minimum atomic E-state index is -0.822. The van der Waals surface area contributed by atoms with Gasteiger partial charge < -0.3 is 15.1 Å². The minimum absolute atomic E-state index is 0.00766. The number of halogens is 2. The van der Waals surface area contributed by atoms with Gasteiger partial charge in [-0.2, -0.15) is 5.10 Å². The van der Waals surface area contributed by atoms with Gasteiger partial charge in [0.1, 0.15) is 23.6 Å². The third kappa shape index (κ3) is 4.35. The molecule has 2 amide bonds. The minimum Gasteiger partial charge on any atom is -0.472 e. The molecule has 0 saturated heterocycles. The Balaban J connectivity index is 1.56. The molecule has 156 valence electrons. The molecular weight excluding hydrogens is 406 g/mol. The van der Waals surface area contributed by atoms with Crippen molar-refractivity contribution in [2.24, 2.45) is 7.05 Å². The first-order valence-corrected chi connectivity index (χ1v) is 9.15. The molecule has 2 heterocycles. The van der Waals surface area contributed by atoms with E-state index in [1.54, 1.807) is 31.3 Å². The van der Waals surface area contributed by atoms with E-state index in [0.29, 0.717) is 16.9 Å². The molecular formula is C22H16F2N4O3. The van der Waals surface area contributed by atoms with Gasteiger partial charge in [-0.3, -0.25) is 14.3 Å². The molecule has 7 nitrogen and oxygen atoms in total. The summed E-state index contributed by atoms with van der Waals surface area (Å²) < 4.78 is 33.8. The van der Waals surface area contributed by atoms with Gasteiger partial charge in [0, 0.05) is 36.2 Å². The SMILES string of the molecule is Cn1cc(C(=O)Nc2cccc(NC(=O)c3ccoc3)c2)c(-c2ccc(F)cc2F)n1. The van der Waals surface area contributed by atoms with Crippen molar-refractivity contribution in [3.63, 3.8) is 0 Å². The first-order chi connectivity index (χ1) is 14.9. The summed E-state index contributed by atoms with van der Waals surface area (Å²) in [5, 5.41) is 9.55. The van der Waals surface area contributed by atoms with Gasteiger partial charge in [0.2, 0.25) is 0 Å². The molecule has 0 radical (unpaired) electrons. The van der Waals surface area contributed by atoms with Crippen LogP contribution >= 0.6 is 0 Å². The van der Waals surface area contributed by atoms with Crippen molar-refractivity contribution in [2.45, 2.75) is 0 Å². The summed E-state index contributed by atoms with van der Waals surface area (Å²) >= 11 is 0. The Hall–Kier alpha value is -4.27. The van der Waals surface area contributed by atoms with Crippen molar-refractivity contribution in [1.82, 2.24) is 9.78 Å². The number of amides is 2. The number of benzene rings is 2. The molecule has 0 bridgehead atoms. The van der Waals surface area contributed by atoms with E-state index >= 15 is 0 Å². The lowest BCUT2D eigenvalue weighted by molar-refractivity contribution is 0.101. The van der Waals surface area contributed by atoms with Gasteiger partial charge in [-0.05, 0) is 36.4 Å². The van der Waals surface area contributed by atoms with Gasteiger partial charge in [-0.1, -0.05) is 6.07 Å². The van der Waals surface area contributed by atoms with Crippen LogP contribution in [0.1, 0.15) is 20.7 Å². The lowest BCUT2D eigenvalue weighted by Crippen LogP contribution is -2.14. The molecule has 0 aliphatic rings. The molecule has 4 rings (SSSR count). The normalized spacial score (nSPS) is 10.7. The molecule has 0 aliphatic heterocycles. The van der Waals surface area contributed by atoms with E-state index in [0.717, 1.165) is 12.1 Å². The Labute approximate surface area is 175 Å². The first-order valence-electron chi connectivity index (χ1n) is 9.15. The van der Waals surface area contributed by atoms with Crippen LogP contribution in [0.2, 0.25) is 0 Å². The molecule has 9 heteroatoms. The first kappa shape index (κ1) is 20.0. The van der Waals surface area contributed by atoms with Crippen LogP contribution in [0.5, 0.6) is 0 Å². The van der Waals surface area contributed by atoms with E-state index in [9.17, 15) is 18.4 Å². The van der Waals surface area contributed by atoms with Gasteiger partial charge in [0.15, 0.2) is 0 Å². The van der Waals surface area contributed by atoms with Crippen LogP contribution in [0.15, 0.2) is 71.7 Å². The number of carbonyl (C=O) groups is 2. The van der Waals surface area contributed by atoms with Crippen LogP contribution in [0.3, 0.4) is 0 Å². The van der Waals surface area contributed by atoms with Crippen molar-refractivity contribution in [2.75, 3.05) is 10.6 Å². The third-order valence-electron chi connectivity index (χ3n) is 4.42. The topological polar surface area (TPSA) is 89.2 Å². The quantitative estimate of drug-likeness (QED) is 0.497. The van der Waals surface area contributed by atoms with Gasteiger partial charge >= 0.3 is 0 Å². The molecule has 0 aliphatic carbocycles. The highest BCUT2D eigenvalue weighted by molar-refractivity contribution is 6.09. The Morgan fingerprint density at radius 1 is 1.00 bits per heavy atom. The second-order valence-electron chi connectivity index (χ2n) is 6.69. The predicted octanol–water partition coefficient (Wildman–Crippen LogP) is 4.46. The van der Waals surface area contributed by atoms with E-state index in [2.05, 4.69) is 15.7 Å². The molecule has 31 heavy (non-hydrogen) atoms. The Bertz CT molecular complexity index is 1270. The second-order valence-corrected chi connectivity index (χ2v) is 6.69. The molecule has 2 N–H and O–H groups in total. The van der Waals surface area contributed by atoms with Crippen LogP contribution in [0.25, 0.3) is 11.3 Å². The summed E-state index contributed by atoms with van der Waals surface area (Å²) in [6.45, 7) is 0. The fourth-order valence-corrected chi connectivity index (χ4v) is 3.01. The van der Waals surface area contributed by atoms with E-state index in [1.807, 2.05) is 0 Å². The Morgan fingerprint density at radius 2 is 1.74 bits per heavy atom. The number of hydrogen-bond acceptors (Lipinski definition) is 4. The fourth-order valence-electron chi connectivity index (χ4n) is 3.01. The standard InChI is InChI=1S/C22H16F2N4O3/c1-28-11-18(20(27-28)17-6-5-14(23)9-19(17)24)22(30)26-16-4-2-3-15(10-16)25-21(29)13-7-8-31-12-13/h2-12H,1H3,(H,25,29)(H,26,30). The monoisotopic (exact) mass is 422 g/mol. The lowest BCUT2D eigenvalue weighted by Gasteiger charge is -2.09. The van der Waals surface area contributed by atoms with E-state index in [-0.39, 0.29) is 22.7 Å². The largest absolute Gasteiger partial charge is 0.472 e. The average molecular weight is 422 g/mol. The number of aromatic nitrogens is 2. The lowest BCUT2D eigenvalue weighted by atomic mass is 10.1. The number of nitrogens with one attached hydrogen (secondary N) is 2. The van der Waals surface area contributed by atoms with Gasteiger partial charge in [0.25, 0.3) is 11.8 Å². The molecule has 0 atom stereocenters. The van der Waals surface area contributed by atoms with Crippen molar-refractivity contribution >= 4 is 23.2 Å². The zero-order chi connectivity index (χ0) is 22.0. The molecule has 0 saturated carbocycles. The van der Waals surface area contributed by atoms with Crippen molar-refractivity contribution in [3.8, 4) is 11.3 Å². The van der Waals surface area contributed by atoms with Crippen molar-refractivity contribution in [3.05, 3.63) is 90.0 Å². The fraction of sp³-hybridized carbons (Fsp3) is 0.0455. The summed E-state index contributed by atoms with van der Waals surface area (Å²) in [5.41, 5.74) is 1.43. The van der Waals surface area contributed by atoms with Gasteiger partial charge in [-0.25, -0.2) is 8.78 Å². The number of nitrogens with zero attached hydrogens (tertiary/aromatic N) is 2. The van der Waals surface area contributed by atoms with Crippen LogP contribution in [-0.2, 0) is 7.05 Å². The summed E-state index contributed by atoms with van der Waals surface area (Å²) in [4.78, 5) is 25.0. The smallest absolute Gasteiger partial charge is 0.259 e. The second kappa shape index (κ2) is 8.23. The molecule has 4 aromatic rings. The molecule has 0 spiro atoms. The molecule has 0 fully saturated rings. The maximum absolute atomic E-state index is 14.2. The van der Waals surface area contributed by atoms with Crippen molar-refractivity contribution < 1.29 is 22.8 Å². The average Bonchev–Trinajstić information content (AvgIpc) is 3.38. The van der Waals surface area contributed by atoms with E-state index < -0.39 is 17.5 Å². The summed E-state index contributed by atoms with van der Waals surface area (Å²) in [6.07, 6.45) is 4.15. The third-order valence-corrected chi connectivity index (χ3v) is 4.42. The Kier molecular flexibility index (Phi) is 5.31. The van der Waals surface area contributed by atoms with Crippen LogP contribution in [0.4, 0.5) is 20.2 Å². The van der Waals surface area contributed by atoms with Gasteiger partial charge in [0.05, 0.1) is 17.4 Å². The number of carbonyl (C=O) groups excluding carboxylic acids is 2. The zero-order valence-corrected chi connectivity index (χ0v) is 16.2. The highest BCUT2D eigenvalue weighted by Crippen LogP contribution is 2.26. The number of aryl methyl sites for hydroxylation is 1. The summed E-state index contributed by atoms with van der Waals surface area (Å²) in [5.74, 6) is -2.45. The molecule has 2 aromatic heterocycles. The maximum atomic E-state index is 14.2. The summed E-state index contributed by atoms with van der Waals surface area (Å²) in [6, 6.07) is 11.1. The molecule has 2 aromatic carbocycles. The Morgan fingerprint density at radius 3 is 2.42 bits per heavy atom. The van der Waals surface area contributed by atoms with E-state index in [1.165, 1.54) is 35.5 Å². The molecule has 0 unspecified atom stereocenters. The van der Waals surface area contributed by atoms with Gasteiger partial charge in [-0.15, -0.1) is 0 Å². The number of anilines is 2. The number of hydrogen-bond donors (Lipinski definition) is 2. The highest BCUT2D eigenvalue weighted by atomic mass is 19.1. The highest BCUT2D eigenvalue weighted by Gasteiger charge is 2.20. The summed E-state index contributed by atoms with van der Waals surface area (Å²) in [7, 11) is 1.59.